The van der Waals surface area contributed by atoms with Crippen LogP contribution in [-0.2, 0) is 0 Å². The molecule has 0 fully saturated rings. The van der Waals surface area contributed by atoms with Gasteiger partial charge in [-0.1, -0.05) is 0 Å². The van der Waals surface area contributed by atoms with Crippen molar-refractivity contribution >= 4 is 27.4 Å². The first-order valence-electron chi connectivity index (χ1n) is 5.33. The van der Waals surface area contributed by atoms with E-state index < -0.39 is 16.4 Å². The quantitative estimate of drug-likeness (QED) is 0.678. The highest BCUT2D eigenvalue weighted by molar-refractivity contribution is 9.10. The molecule has 9 heteroatoms. The number of rotatable bonds is 4. The second-order valence-electron chi connectivity index (χ2n) is 3.56. The summed E-state index contributed by atoms with van der Waals surface area (Å²) in [5.41, 5.74) is -0.616. The van der Waals surface area contributed by atoms with Crippen molar-refractivity contribution in [3.05, 3.63) is 44.9 Å². The molecule has 0 aliphatic heterocycles. The molecule has 0 atom stereocenters. The van der Waals surface area contributed by atoms with Crippen molar-refractivity contribution in [2.45, 2.75) is 0 Å². The second-order valence-corrected chi connectivity index (χ2v) is 4.36. The number of hydrogen-bond acceptors (Lipinski definition) is 6. The van der Waals surface area contributed by atoms with Gasteiger partial charge in [-0.05, 0) is 22.0 Å². The Hall–Kier alpha value is -2.29. The van der Waals surface area contributed by atoms with Crippen LogP contribution in [0.3, 0.4) is 0 Å². The summed E-state index contributed by atoms with van der Waals surface area (Å²) in [6.45, 7) is 0. The number of ether oxygens (including phenoxy) is 1. The average Bonchev–Trinajstić information content (AvgIpc) is 2.41. The van der Waals surface area contributed by atoms with E-state index in [4.69, 9.17) is 4.74 Å². The van der Waals surface area contributed by atoms with Crippen molar-refractivity contribution in [1.29, 1.82) is 0 Å². The molecule has 0 aliphatic rings. The topological polar surface area (TPSA) is 90.2 Å². The van der Waals surface area contributed by atoms with E-state index in [2.05, 4.69) is 31.2 Å². The van der Waals surface area contributed by atoms with E-state index in [0.29, 0.717) is 10.3 Å². The molecule has 0 spiro atoms. The summed E-state index contributed by atoms with van der Waals surface area (Å²) in [4.78, 5) is 17.5. The minimum absolute atomic E-state index is 0.0922. The molecule has 1 aromatic heterocycles. The van der Waals surface area contributed by atoms with E-state index in [-0.39, 0.29) is 11.6 Å². The summed E-state index contributed by atoms with van der Waals surface area (Å²) >= 11 is 3.24. The summed E-state index contributed by atoms with van der Waals surface area (Å²) in [7, 11) is 1.67. The lowest BCUT2D eigenvalue weighted by molar-refractivity contribution is -0.387. The second kappa shape index (κ2) is 5.78. The maximum atomic E-state index is 13.5. The summed E-state index contributed by atoms with van der Waals surface area (Å²) < 4.78 is 19.3. The molecule has 2 rings (SSSR count). The van der Waals surface area contributed by atoms with Crippen LogP contribution in [0.2, 0.25) is 0 Å². The molecule has 20 heavy (non-hydrogen) atoms. The van der Waals surface area contributed by atoms with Gasteiger partial charge in [0.1, 0.15) is 22.4 Å². The van der Waals surface area contributed by atoms with Gasteiger partial charge in [-0.25, -0.2) is 9.97 Å². The Morgan fingerprint density at radius 2 is 2.20 bits per heavy atom. The SMILES string of the molecule is CNc1ncnc(Oc2ccc([N+](=O)[O-])c(F)c2)c1Br. The smallest absolute Gasteiger partial charge is 0.305 e. The Balaban J connectivity index is 2.31. The molecule has 0 radical (unpaired) electrons. The molecule has 0 bridgehead atoms. The summed E-state index contributed by atoms with van der Waals surface area (Å²) in [5, 5.41) is 13.3. The Kier molecular flexibility index (Phi) is 4.08. The summed E-state index contributed by atoms with van der Waals surface area (Å²) in [5.74, 6) is -0.226. The Bertz CT molecular complexity index is 668. The zero-order valence-electron chi connectivity index (χ0n) is 10.1. The van der Waals surface area contributed by atoms with Crippen LogP contribution in [0, 0.1) is 15.9 Å². The van der Waals surface area contributed by atoms with Gasteiger partial charge in [0.15, 0.2) is 0 Å². The maximum Gasteiger partial charge on any atom is 0.305 e. The average molecular weight is 343 g/mol. The fourth-order valence-corrected chi connectivity index (χ4v) is 1.89. The molecule has 7 nitrogen and oxygen atoms in total. The van der Waals surface area contributed by atoms with Crippen LogP contribution in [0.4, 0.5) is 15.9 Å². The van der Waals surface area contributed by atoms with Crippen molar-refractivity contribution in [2.24, 2.45) is 0 Å². The third kappa shape index (κ3) is 2.82. The molecule has 1 heterocycles. The zero-order valence-corrected chi connectivity index (χ0v) is 11.7. The molecule has 2 aromatic rings. The number of nitro groups is 1. The number of hydrogen-bond donors (Lipinski definition) is 1. The van der Waals surface area contributed by atoms with Crippen LogP contribution in [-0.4, -0.2) is 21.9 Å². The van der Waals surface area contributed by atoms with Crippen molar-refractivity contribution in [3.8, 4) is 11.6 Å². The Morgan fingerprint density at radius 3 is 2.80 bits per heavy atom. The first kappa shape index (κ1) is 14.1. The fourth-order valence-electron chi connectivity index (χ4n) is 1.41. The van der Waals surface area contributed by atoms with Gasteiger partial charge in [-0.3, -0.25) is 10.1 Å². The number of benzene rings is 1. The van der Waals surface area contributed by atoms with Crippen LogP contribution >= 0.6 is 15.9 Å². The molecule has 0 saturated carbocycles. The number of aromatic nitrogens is 2. The molecular weight excluding hydrogens is 335 g/mol. The molecule has 0 amide bonds. The third-order valence-electron chi connectivity index (χ3n) is 2.32. The predicted molar refractivity (Wildman–Crippen MR) is 72.4 cm³/mol. The van der Waals surface area contributed by atoms with Crippen LogP contribution in [0.5, 0.6) is 11.6 Å². The highest BCUT2D eigenvalue weighted by Crippen LogP contribution is 2.32. The van der Waals surface area contributed by atoms with Gasteiger partial charge in [0.2, 0.25) is 11.7 Å². The van der Waals surface area contributed by atoms with Crippen molar-refractivity contribution < 1.29 is 14.1 Å². The Labute approximate surface area is 121 Å². The first-order chi connectivity index (χ1) is 9.52. The van der Waals surface area contributed by atoms with Crippen LogP contribution < -0.4 is 10.1 Å². The molecule has 0 unspecified atom stereocenters. The first-order valence-corrected chi connectivity index (χ1v) is 6.12. The molecular formula is C11H8BrFN4O3. The highest BCUT2D eigenvalue weighted by atomic mass is 79.9. The van der Waals surface area contributed by atoms with Crippen molar-refractivity contribution in [3.63, 3.8) is 0 Å². The fraction of sp³-hybridized carbons (Fsp3) is 0.0909. The third-order valence-corrected chi connectivity index (χ3v) is 3.04. The normalized spacial score (nSPS) is 10.2. The van der Waals surface area contributed by atoms with Gasteiger partial charge in [0.05, 0.1) is 4.92 Å². The summed E-state index contributed by atoms with van der Waals surface area (Å²) in [6, 6.07) is 3.24. The van der Waals surface area contributed by atoms with E-state index >= 15 is 0 Å². The standard InChI is InChI=1S/C11H8BrFN4O3/c1-14-10-9(12)11(16-5-15-10)20-6-2-3-8(17(18)19)7(13)4-6/h2-5H,1H3,(H,14,15,16). The van der Waals surface area contributed by atoms with Gasteiger partial charge >= 0.3 is 5.69 Å². The number of nitrogens with one attached hydrogen (secondary N) is 1. The van der Waals surface area contributed by atoms with E-state index in [1.165, 1.54) is 12.4 Å². The molecule has 0 aliphatic carbocycles. The van der Waals surface area contributed by atoms with Crippen LogP contribution in [0.25, 0.3) is 0 Å². The Morgan fingerprint density at radius 1 is 1.45 bits per heavy atom. The molecule has 0 saturated heterocycles. The van der Waals surface area contributed by atoms with Crippen molar-refractivity contribution in [1.82, 2.24) is 9.97 Å². The predicted octanol–water partition coefficient (Wildman–Crippen LogP) is 3.12. The van der Waals surface area contributed by atoms with E-state index in [0.717, 1.165) is 12.1 Å². The number of halogens is 2. The van der Waals surface area contributed by atoms with Gasteiger partial charge in [0.25, 0.3) is 0 Å². The minimum Gasteiger partial charge on any atom is -0.438 e. The van der Waals surface area contributed by atoms with Gasteiger partial charge in [-0.15, -0.1) is 0 Å². The largest absolute Gasteiger partial charge is 0.438 e. The summed E-state index contributed by atoms with van der Waals surface area (Å²) in [6.07, 6.45) is 1.27. The van der Waals surface area contributed by atoms with Gasteiger partial charge in [-0.2, -0.15) is 4.39 Å². The lowest BCUT2D eigenvalue weighted by Crippen LogP contribution is -1.98. The lowest BCUT2D eigenvalue weighted by atomic mass is 10.3. The number of nitro benzene ring substituents is 1. The number of anilines is 1. The lowest BCUT2D eigenvalue weighted by Gasteiger charge is -2.08. The number of nitrogens with zero attached hydrogens (tertiary/aromatic N) is 3. The van der Waals surface area contributed by atoms with Gasteiger partial charge < -0.3 is 10.1 Å². The van der Waals surface area contributed by atoms with Crippen molar-refractivity contribution in [2.75, 3.05) is 12.4 Å². The maximum absolute atomic E-state index is 13.5. The van der Waals surface area contributed by atoms with Crippen LogP contribution in [0.15, 0.2) is 29.0 Å². The molecule has 104 valence electrons. The van der Waals surface area contributed by atoms with E-state index in [9.17, 15) is 14.5 Å². The molecule has 1 N–H and O–H groups in total. The van der Waals surface area contributed by atoms with Crippen LogP contribution in [0.1, 0.15) is 0 Å². The molecule has 1 aromatic carbocycles. The highest BCUT2D eigenvalue weighted by Gasteiger charge is 2.16. The monoisotopic (exact) mass is 342 g/mol. The minimum atomic E-state index is -0.980. The van der Waals surface area contributed by atoms with Gasteiger partial charge in [0, 0.05) is 19.2 Å². The van der Waals surface area contributed by atoms with E-state index in [1.807, 2.05) is 0 Å². The van der Waals surface area contributed by atoms with E-state index in [1.54, 1.807) is 7.05 Å². The zero-order chi connectivity index (χ0) is 14.7.